The van der Waals surface area contributed by atoms with E-state index in [9.17, 15) is 0 Å². The van der Waals surface area contributed by atoms with Crippen LogP contribution in [0.2, 0.25) is 0 Å². The van der Waals surface area contributed by atoms with E-state index in [2.05, 4.69) is 34.4 Å². The zero-order valence-electron chi connectivity index (χ0n) is 9.79. The van der Waals surface area contributed by atoms with E-state index in [1.165, 1.54) is 31.6 Å². The van der Waals surface area contributed by atoms with Crippen LogP contribution in [0.25, 0.3) is 5.82 Å². The van der Waals surface area contributed by atoms with Gasteiger partial charge in [-0.05, 0) is 23.9 Å². The summed E-state index contributed by atoms with van der Waals surface area (Å²) in [4.78, 5) is 6.76. The Bertz CT molecular complexity index is 473. The fraction of sp³-hybridized carbons (Fsp3) is 0.286. The Labute approximate surface area is 101 Å². The van der Waals surface area contributed by atoms with E-state index in [0.717, 1.165) is 5.82 Å². The smallest absolute Gasteiger partial charge is 0.327 e. The Morgan fingerprint density at radius 2 is 1.76 bits per heavy atom. The van der Waals surface area contributed by atoms with Gasteiger partial charge in [0.25, 0.3) is 0 Å². The molecule has 0 spiro atoms. The van der Waals surface area contributed by atoms with E-state index < -0.39 is 0 Å². The highest BCUT2D eigenvalue weighted by Gasteiger charge is 2.13. The van der Waals surface area contributed by atoms with Gasteiger partial charge in [0.05, 0.1) is 12.4 Å². The molecule has 2 aromatic heterocycles. The SMILES string of the molecule is c1ccc(-[n+]2ccc(N3CCCC3)cc2)nc1. The molecule has 1 aliphatic heterocycles. The van der Waals surface area contributed by atoms with Crippen molar-refractivity contribution >= 4 is 5.69 Å². The van der Waals surface area contributed by atoms with Crippen LogP contribution in [0.4, 0.5) is 5.69 Å². The predicted octanol–water partition coefficient (Wildman–Crippen LogP) is 1.96. The molecule has 17 heavy (non-hydrogen) atoms. The molecule has 1 saturated heterocycles. The highest BCUT2D eigenvalue weighted by Crippen LogP contribution is 2.18. The van der Waals surface area contributed by atoms with Crippen molar-refractivity contribution in [2.45, 2.75) is 12.8 Å². The number of nitrogens with zero attached hydrogens (tertiary/aromatic N) is 3. The van der Waals surface area contributed by atoms with Gasteiger partial charge in [0.1, 0.15) is 6.20 Å². The maximum Gasteiger partial charge on any atom is 0.327 e. The second-order valence-corrected chi connectivity index (χ2v) is 4.35. The van der Waals surface area contributed by atoms with Crippen LogP contribution < -0.4 is 9.47 Å². The van der Waals surface area contributed by atoms with Crippen LogP contribution >= 0.6 is 0 Å². The molecule has 0 aliphatic carbocycles. The van der Waals surface area contributed by atoms with Crippen LogP contribution in [0.3, 0.4) is 0 Å². The molecule has 0 radical (unpaired) electrons. The lowest BCUT2D eigenvalue weighted by Crippen LogP contribution is -2.31. The monoisotopic (exact) mass is 226 g/mol. The van der Waals surface area contributed by atoms with Crippen LogP contribution in [0.5, 0.6) is 0 Å². The molecule has 0 bridgehead atoms. The van der Waals surface area contributed by atoms with Crippen molar-refractivity contribution in [1.29, 1.82) is 0 Å². The third-order valence-corrected chi connectivity index (χ3v) is 3.20. The van der Waals surface area contributed by atoms with Gasteiger partial charge in [-0.15, -0.1) is 0 Å². The molecular weight excluding hydrogens is 210 g/mol. The average molecular weight is 226 g/mol. The van der Waals surface area contributed by atoms with E-state index in [-0.39, 0.29) is 0 Å². The van der Waals surface area contributed by atoms with Gasteiger partial charge in [0.15, 0.2) is 0 Å². The molecule has 0 N–H and O–H groups in total. The first-order chi connectivity index (χ1) is 8.43. The maximum atomic E-state index is 4.33. The lowest BCUT2D eigenvalue weighted by atomic mass is 10.3. The van der Waals surface area contributed by atoms with Gasteiger partial charge in [0.2, 0.25) is 0 Å². The molecule has 0 unspecified atom stereocenters. The van der Waals surface area contributed by atoms with Gasteiger partial charge in [-0.1, -0.05) is 6.07 Å². The Hall–Kier alpha value is -1.90. The van der Waals surface area contributed by atoms with Gasteiger partial charge >= 0.3 is 5.82 Å². The summed E-state index contributed by atoms with van der Waals surface area (Å²) in [6, 6.07) is 10.3. The highest BCUT2D eigenvalue weighted by atomic mass is 15.1. The average Bonchev–Trinajstić information content (AvgIpc) is 2.94. The second-order valence-electron chi connectivity index (χ2n) is 4.35. The van der Waals surface area contributed by atoms with E-state index >= 15 is 0 Å². The number of pyridine rings is 2. The van der Waals surface area contributed by atoms with Crippen molar-refractivity contribution < 1.29 is 4.57 Å². The minimum absolute atomic E-state index is 0.959. The summed E-state index contributed by atoms with van der Waals surface area (Å²) < 4.78 is 2.04. The highest BCUT2D eigenvalue weighted by molar-refractivity contribution is 5.44. The molecule has 86 valence electrons. The number of hydrogen-bond donors (Lipinski definition) is 0. The first-order valence-corrected chi connectivity index (χ1v) is 6.11. The summed E-state index contributed by atoms with van der Waals surface area (Å²) in [5.74, 6) is 0.959. The molecular formula is C14H16N3+. The lowest BCUT2D eigenvalue weighted by molar-refractivity contribution is -0.599. The number of anilines is 1. The minimum atomic E-state index is 0.959. The van der Waals surface area contributed by atoms with Gasteiger partial charge in [-0.2, -0.15) is 0 Å². The van der Waals surface area contributed by atoms with E-state index in [1.807, 2.05) is 29.0 Å². The first-order valence-electron chi connectivity index (χ1n) is 6.11. The zero-order valence-corrected chi connectivity index (χ0v) is 9.79. The second kappa shape index (κ2) is 4.53. The molecule has 2 aromatic rings. The molecule has 3 nitrogen and oxygen atoms in total. The summed E-state index contributed by atoms with van der Waals surface area (Å²) in [5, 5.41) is 0. The fourth-order valence-corrected chi connectivity index (χ4v) is 2.26. The van der Waals surface area contributed by atoms with Gasteiger partial charge < -0.3 is 4.90 Å². The summed E-state index contributed by atoms with van der Waals surface area (Å²) in [7, 11) is 0. The van der Waals surface area contributed by atoms with Crippen molar-refractivity contribution in [3.05, 3.63) is 48.9 Å². The number of aromatic nitrogens is 2. The van der Waals surface area contributed by atoms with E-state index in [1.54, 1.807) is 0 Å². The summed E-state index contributed by atoms with van der Waals surface area (Å²) >= 11 is 0. The van der Waals surface area contributed by atoms with Gasteiger partial charge in [-0.3, -0.25) is 0 Å². The number of hydrogen-bond acceptors (Lipinski definition) is 2. The molecule has 0 amide bonds. The third kappa shape index (κ3) is 2.13. The molecule has 0 saturated carbocycles. The Kier molecular flexibility index (Phi) is 2.74. The van der Waals surface area contributed by atoms with Crippen molar-refractivity contribution in [3.63, 3.8) is 0 Å². The Morgan fingerprint density at radius 1 is 1.00 bits per heavy atom. The molecule has 3 rings (SSSR count). The van der Waals surface area contributed by atoms with Crippen molar-refractivity contribution in [1.82, 2.24) is 4.98 Å². The standard InChI is InChI=1S/C14H16N3/c1-2-8-15-14(5-1)17-11-6-13(7-12-17)16-9-3-4-10-16/h1-2,5-8,11-12H,3-4,9-10H2/q+1. The lowest BCUT2D eigenvalue weighted by Gasteiger charge is -2.16. The molecule has 1 aliphatic rings. The summed E-state index contributed by atoms with van der Waals surface area (Å²) in [6.45, 7) is 2.38. The maximum absolute atomic E-state index is 4.33. The first kappa shape index (κ1) is 10.3. The zero-order chi connectivity index (χ0) is 11.5. The van der Waals surface area contributed by atoms with E-state index in [4.69, 9.17) is 0 Å². The van der Waals surface area contributed by atoms with Crippen LogP contribution in [0.15, 0.2) is 48.9 Å². The molecule has 3 heteroatoms. The normalized spacial score (nSPS) is 15.2. The molecule has 0 aromatic carbocycles. The Morgan fingerprint density at radius 3 is 2.41 bits per heavy atom. The minimum Gasteiger partial charge on any atom is -0.371 e. The number of rotatable bonds is 2. The topological polar surface area (TPSA) is 20.0 Å². The largest absolute Gasteiger partial charge is 0.371 e. The third-order valence-electron chi connectivity index (χ3n) is 3.20. The van der Waals surface area contributed by atoms with Gasteiger partial charge in [0, 0.05) is 37.0 Å². The van der Waals surface area contributed by atoms with Crippen molar-refractivity contribution in [3.8, 4) is 5.82 Å². The van der Waals surface area contributed by atoms with Crippen LogP contribution in [-0.2, 0) is 0 Å². The summed E-state index contributed by atoms with van der Waals surface area (Å²) in [6.07, 6.45) is 8.60. The predicted molar refractivity (Wildman–Crippen MR) is 67.2 cm³/mol. The Balaban J connectivity index is 1.85. The summed E-state index contributed by atoms with van der Waals surface area (Å²) in [5.41, 5.74) is 1.31. The van der Waals surface area contributed by atoms with Gasteiger partial charge in [-0.25, -0.2) is 4.57 Å². The fourth-order valence-electron chi connectivity index (χ4n) is 2.26. The van der Waals surface area contributed by atoms with Crippen LogP contribution in [-0.4, -0.2) is 18.1 Å². The van der Waals surface area contributed by atoms with Crippen LogP contribution in [0, 0.1) is 0 Å². The molecule has 0 atom stereocenters. The molecule has 3 heterocycles. The van der Waals surface area contributed by atoms with Crippen molar-refractivity contribution in [2.24, 2.45) is 0 Å². The molecule has 1 fully saturated rings. The quantitative estimate of drug-likeness (QED) is 0.729. The van der Waals surface area contributed by atoms with Crippen molar-refractivity contribution in [2.75, 3.05) is 18.0 Å². The van der Waals surface area contributed by atoms with Crippen LogP contribution in [0.1, 0.15) is 12.8 Å². The van der Waals surface area contributed by atoms with E-state index in [0.29, 0.717) is 0 Å².